The number of rotatable bonds is 6. The van der Waals surface area contributed by atoms with Crippen LogP contribution < -0.4 is 5.32 Å². The summed E-state index contributed by atoms with van der Waals surface area (Å²) in [4.78, 5) is 12.3. The van der Waals surface area contributed by atoms with Crippen LogP contribution in [0.5, 0.6) is 0 Å². The summed E-state index contributed by atoms with van der Waals surface area (Å²) in [7, 11) is 0. The lowest BCUT2D eigenvalue weighted by Gasteiger charge is -2.17. The lowest BCUT2D eigenvalue weighted by molar-refractivity contribution is 0.103. The van der Waals surface area contributed by atoms with Crippen LogP contribution >= 0.6 is 0 Å². The predicted molar refractivity (Wildman–Crippen MR) is 103 cm³/mol. The Morgan fingerprint density at radius 3 is 2.48 bits per heavy atom. The van der Waals surface area contributed by atoms with Crippen LogP contribution in [0.15, 0.2) is 72.8 Å². The molecule has 0 bridgehead atoms. The van der Waals surface area contributed by atoms with Gasteiger partial charge in [0.25, 0.3) is 0 Å². The normalized spacial score (nSPS) is 11.9. The number of benzene rings is 3. The predicted octanol–water partition coefficient (Wildman–Crippen LogP) is 5.80. The fourth-order valence-corrected chi connectivity index (χ4v) is 2.94. The number of amides is 1. The summed E-state index contributed by atoms with van der Waals surface area (Å²) in [5.74, 6) is 0. The van der Waals surface area contributed by atoms with Gasteiger partial charge >= 0.3 is 6.09 Å². The molecule has 3 aromatic rings. The molecule has 0 unspecified atom stereocenters. The first kappa shape index (κ1) is 17.0. The minimum Gasteiger partial charge on any atom is -0.446 e. The van der Waals surface area contributed by atoms with Crippen molar-refractivity contribution in [2.45, 2.75) is 32.3 Å². The van der Waals surface area contributed by atoms with Crippen molar-refractivity contribution in [1.29, 1.82) is 0 Å². The molecule has 0 radical (unpaired) electrons. The molecule has 0 saturated carbocycles. The number of nitrogens with one attached hydrogen (secondary N) is 1. The lowest BCUT2D eigenvalue weighted by Crippen LogP contribution is -2.22. The third kappa shape index (κ3) is 4.60. The molecule has 0 aliphatic heterocycles. The third-order valence-electron chi connectivity index (χ3n) is 4.35. The van der Waals surface area contributed by atoms with Crippen LogP contribution in [0, 0.1) is 0 Å². The Kier molecular flexibility index (Phi) is 5.68. The second kappa shape index (κ2) is 8.34. The lowest BCUT2D eigenvalue weighted by atomic mass is 10.1. The van der Waals surface area contributed by atoms with Crippen molar-refractivity contribution in [2.24, 2.45) is 0 Å². The molecule has 0 saturated heterocycles. The zero-order valence-corrected chi connectivity index (χ0v) is 14.4. The molecule has 3 aromatic carbocycles. The van der Waals surface area contributed by atoms with Crippen LogP contribution in [0.2, 0.25) is 0 Å². The van der Waals surface area contributed by atoms with Crippen LogP contribution in [0.3, 0.4) is 0 Å². The van der Waals surface area contributed by atoms with Crippen LogP contribution in [0.1, 0.15) is 25.3 Å². The van der Waals surface area contributed by atoms with Crippen molar-refractivity contribution in [3.8, 4) is 0 Å². The maximum atomic E-state index is 12.3. The summed E-state index contributed by atoms with van der Waals surface area (Å²) in [5.41, 5.74) is 2.04. The Labute approximate surface area is 148 Å². The topological polar surface area (TPSA) is 38.3 Å². The van der Waals surface area contributed by atoms with E-state index in [9.17, 15) is 4.79 Å². The maximum absolute atomic E-state index is 12.3. The number of hydrogen-bond donors (Lipinski definition) is 1. The van der Waals surface area contributed by atoms with Gasteiger partial charge in [0, 0.05) is 5.39 Å². The molecule has 0 aliphatic carbocycles. The number of carbonyl (C=O) groups excluding carboxylic acids is 1. The average molecular weight is 333 g/mol. The molecule has 128 valence electrons. The number of aryl methyl sites for hydroxylation is 1. The summed E-state index contributed by atoms with van der Waals surface area (Å²) >= 11 is 0. The van der Waals surface area contributed by atoms with Crippen LogP contribution in [0.25, 0.3) is 10.8 Å². The Balaban J connectivity index is 1.60. The van der Waals surface area contributed by atoms with Crippen molar-refractivity contribution in [2.75, 3.05) is 5.32 Å². The van der Waals surface area contributed by atoms with Gasteiger partial charge in [-0.15, -0.1) is 0 Å². The van der Waals surface area contributed by atoms with Gasteiger partial charge in [-0.3, -0.25) is 5.32 Å². The largest absolute Gasteiger partial charge is 0.446 e. The summed E-state index contributed by atoms with van der Waals surface area (Å²) in [6, 6.07) is 24.1. The molecule has 1 amide bonds. The number of ether oxygens (including phenoxy) is 1. The third-order valence-corrected chi connectivity index (χ3v) is 4.35. The SMILES string of the molecule is CC[C@H](CCc1ccccc1)OC(=O)Nc1cccc2ccccc12. The van der Waals surface area contributed by atoms with E-state index in [4.69, 9.17) is 4.74 Å². The van der Waals surface area contributed by atoms with Crippen molar-refractivity contribution >= 4 is 22.6 Å². The number of anilines is 1. The monoisotopic (exact) mass is 333 g/mol. The summed E-state index contributed by atoms with van der Waals surface area (Å²) < 4.78 is 5.62. The van der Waals surface area contributed by atoms with Crippen LogP contribution in [0.4, 0.5) is 10.5 Å². The fourth-order valence-electron chi connectivity index (χ4n) is 2.94. The van der Waals surface area contributed by atoms with E-state index in [1.54, 1.807) is 0 Å². The van der Waals surface area contributed by atoms with Gasteiger partial charge in [-0.05, 0) is 36.3 Å². The second-order valence-corrected chi connectivity index (χ2v) is 6.11. The zero-order chi connectivity index (χ0) is 17.5. The summed E-state index contributed by atoms with van der Waals surface area (Å²) in [5, 5.41) is 4.99. The van der Waals surface area contributed by atoms with Gasteiger partial charge in [-0.1, -0.05) is 73.7 Å². The molecule has 0 aromatic heterocycles. The molecule has 0 heterocycles. The molecule has 25 heavy (non-hydrogen) atoms. The van der Waals surface area contributed by atoms with Crippen molar-refractivity contribution in [3.63, 3.8) is 0 Å². The highest BCUT2D eigenvalue weighted by Gasteiger charge is 2.13. The minimum atomic E-state index is -0.392. The highest BCUT2D eigenvalue weighted by atomic mass is 16.6. The van der Waals surface area contributed by atoms with E-state index in [1.807, 2.05) is 67.6 Å². The number of fused-ring (bicyclic) bond motifs is 1. The Bertz CT molecular complexity index is 824. The number of hydrogen-bond acceptors (Lipinski definition) is 2. The molecule has 3 rings (SSSR count). The van der Waals surface area contributed by atoms with Gasteiger partial charge in [-0.2, -0.15) is 0 Å². The smallest absolute Gasteiger partial charge is 0.411 e. The van der Waals surface area contributed by atoms with E-state index in [2.05, 4.69) is 17.4 Å². The van der Waals surface area contributed by atoms with E-state index in [0.29, 0.717) is 0 Å². The molecule has 1 atom stereocenters. The molecular weight excluding hydrogens is 310 g/mol. The standard InChI is InChI=1S/C22H23NO2/c1-2-19(16-15-17-9-4-3-5-10-17)25-22(24)23-21-14-8-12-18-11-6-7-13-20(18)21/h3-14,19H,2,15-16H2,1H3,(H,23,24)/t19-/m1/s1. The van der Waals surface area contributed by atoms with Gasteiger partial charge in [0.1, 0.15) is 6.10 Å². The van der Waals surface area contributed by atoms with Gasteiger partial charge in [0.2, 0.25) is 0 Å². The highest BCUT2D eigenvalue weighted by Crippen LogP contribution is 2.23. The van der Waals surface area contributed by atoms with Crippen molar-refractivity contribution < 1.29 is 9.53 Å². The van der Waals surface area contributed by atoms with E-state index >= 15 is 0 Å². The number of carbonyl (C=O) groups is 1. The quantitative estimate of drug-likeness (QED) is 0.619. The Morgan fingerprint density at radius 1 is 0.960 bits per heavy atom. The molecule has 1 N–H and O–H groups in total. The molecular formula is C22H23NO2. The van der Waals surface area contributed by atoms with E-state index in [1.165, 1.54) is 5.56 Å². The average Bonchev–Trinajstić information content (AvgIpc) is 2.66. The highest BCUT2D eigenvalue weighted by molar-refractivity contribution is 6.00. The summed E-state index contributed by atoms with van der Waals surface area (Å²) in [6.07, 6.45) is 2.05. The second-order valence-electron chi connectivity index (χ2n) is 6.11. The van der Waals surface area contributed by atoms with Gasteiger partial charge in [-0.25, -0.2) is 4.79 Å². The van der Waals surface area contributed by atoms with Crippen LogP contribution in [-0.2, 0) is 11.2 Å². The molecule has 0 aliphatic rings. The minimum absolute atomic E-state index is 0.0878. The molecule has 0 fully saturated rings. The first-order valence-corrected chi connectivity index (χ1v) is 8.75. The molecule has 3 heteroatoms. The van der Waals surface area contributed by atoms with Crippen molar-refractivity contribution in [1.82, 2.24) is 0 Å². The Hall–Kier alpha value is -2.81. The summed E-state index contributed by atoms with van der Waals surface area (Å²) in [6.45, 7) is 2.04. The fraction of sp³-hybridized carbons (Fsp3) is 0.227. The first-order chi connectivity index (χ1) is 12.3. The van der Waals surface area contributed by atoms with Crippen LogP contribution in [-0.4, -0.2) is 12.2 Å². The Morgan fingerprint density at radius 2 is 1.68 bits per heavy atom. The van der Waals surface area contributed by atoms with Gasteiger partial charge in [0.05, 0.1) is 5.69 Å². The first-order valence-electron chi connectivity index (χ1n) is 8.75. The molecule has 3 nitrogen and oxygen atoms in total. The van der Waals surface area contributed by atoms with E-state index in [0.717, 1.165) is 35.7 Å². The zero-order valence-electron chi connectivity index (χ0n) is 14.4. The van der Waals surface area contributed by atoms with E-state index in [-0.39, 0.29) is 6.10 Å². The maximum Gasteiger partial charge on any atom is 0.411 e. The van der Waals surface area contributed by atoms with E-state index < -0.39 is 6.09 Å². The molecule has 0 spiro atoms. The van der Waals surface area contributed by atoms with Crippen molar-refractivity contribution in [3.05, 3.63) is 78.4 Å². The van der Waals surface area contributed by atoms with Gasteiger partial charge < -0.3 is 4.74 Å². The van der Waals surface area contributed by atoms with Gasteiger partial charge in [0.15, 0.2) is 0 Å².